The average Bonchev–Trinajstić information content (AvgIpc) is 2.78. The second kappa shape index (κ2) is 4.94. The van der Waals surface area contributed by atoms with Crippen LogP contribution in [0.2, 0.25) is 5.02 Å². The summed E-state index contributed by atoms with van der Waals surface area (Å²) < 4.78 is 26.1. The highest BCUT2D eigenvalue weighted by molar-refractivity contribution is 7.89. The zero-order valence-electron chi connectivity index (χ0n) is 9.21. The van der Waals surface area contributed by atoms with E-state index in [4.69, 9.17) is 11.6 Å². The number of aliphatic hydroxyl groups excluding tert-OH is 1. The molecule has 0 aliphatic carbocycles. The maximum Gasteiger partial charge on any atom is 0.244 e. The van der Waals surface area contributed by atoms with E-state index in [1.165, 1.54) is 10.4 Å². The van der Waals surface area contributed by atoms with Gasteiger partial charge in [-0.3, -0.25) is 0 Å². The van der Waals surface area contributed by atoms with Crippen LogP contribution in [-0.2, 0) is 10.0 Å². The molecule has 4 nitrogen and oxygen atoms in total. The molecule has 1 fully saturated rings. The van der Waals surface area contributed by atoms with Crippen molar-refractivity contribution in [3.63, 3.8) is 0 Å². The molecule has 1 aliphatic heterocycles. The molecule has 1 aromatic rings. The molecule has 1 N–H and O–H groups in total. The van der Waals surface area contributed by atoms with Crippen molar-refractivity contribution in [1.82, 2.24) is 4.31 Å². The molecule has 1 aliphatic rings. The van der Waals surface area contributed by atoms with E-state index in [1.807, 2.05) is 0 Å². The van der Waals surface area contributed by atoms with Gasteiger partial charge in [-0.05, 0) is 25.0 Å². The number of sulfonamides is 1. The molecule has 0 bridgehead atoms. The van der Waals surface area contributed by atoms with Crippen molar-refractivity contribution >= 4 is 21.6 Å². The molecule has 0 saturated carbocycles. The van der Waals surface area contributed by atoms with Crippen molar-refractivity contribution in [3.05, 3.63) is 29.3 Å². The number of aliphatic hydroxyl groups is 1. The Kier molecular flexibility index (Phi) is 3.73. The fourth-order valence-electron chi connectivity index (χ4n) is 2.09. The lowest BCUT2D eigenvalue weighted by Crippen LogP contribution is -2.37. The lowest BCUT2D eigenvalue weighted by Gasteiger charge is -2.22. The van der Waals surface area contributed by atoms with Crippen molar-refractivity contribution in [2.75, 3.05) is 13.2 Å². The van der Waals surface area contributed by atoms with Crippen LogP contribution in [0.15, 0.2) is 29.2 Å². The summed E-state index contributed by atoms with van der Waals surface area (Å²) in [6.07, 6.45) is 1.47. The lowest BCUT2D eigenvalue weighted by molar-refractivity contribution is 0.213. The van der Waals surface area contributed by atoms with Crippen LogP contribution in [0.25, 0.3) is 0 Å². The molecule has 0 radical (unpaired) electrons. The fraction of sp³-hybridized carbons (Fsp3) is 0.455. The van der Waals surface area contributed by atoms with E-state index in [1.54, 1.807) is 18.2 Å². The largest absolute Gasteiger partial charge is 0.395 e. The molecule has 94 valence electrons. The average molecular weight is 276 g/mol. The zero-order chi connectivity index (χ0) is 12.5. The first-order valence-corrected chi connectivity index (χ1v) is 7.26. The van der Waals surface area contributed by atoms with E-state index in [0.29, 0.717) is 13.0 Å². The molecule has 1 aromatic carbocycles. The smallest absolute Gasteiger partial charge is 0.244 e. The van der Waals surface area contributed by atoms with Gasteiger partial charge in [0.25, 0.3) is 0 Å². The Morgan fingerprint density at radius 3 is 2.76 bits per heavy atom. The van der Waals surface area contributed by atoms with Gasteiger partial charge in [-0.1, -0.05) is 23.7 Å². The van der Waals surface area contributed by atoms with E-state index < -0.39 is 10.0 Å². The number of benzene rings is 1. The molecule has 0 amide bonds. The minimum Gasteiger partial charge on any atom is -0.395 e. The third-order valence-electron chi connectivity index (χ3n) is 2.96. The number of halogens is 1. The molecule has 2 rings (SSSR count). The van der Waals surface area contributed by atoms with Crippen LogP contribution in [0.5, 0.6) is 0 Å². The van der Waals surface area contributed by atoms with Crippen molar-refractivity contribution < 1.29 is 13.5 Å². The third kappa shape index (κ3) is 2.33. The highest BCUT2D eigenvalue weighted by atomic mass is 35.5. The van der Waals surface area contributed by atoms with Gasteiger partial charge in [-0.15, -0.1) is 0 Å². The van der Waals surface area contributed by atoms with Crippen molar-refractivity contribution in [2.45, 2.75) is 23.8 Å². The fourth-order valence-corrected chi connectivity index (χ4v) is 4.27. The minimum absolute atomic E-state index is 0.113. The van der Waals surface area contributed by atoms with Crippen molar-refractivity contribution in [2.24, 2.45) is 0 Å². The Morgan fingerprint density at radius 2 is 2.12 bits per heavy atom. The third-order valence-corrected chi connectivity index (χ3v) is 5.41. The highest BCUT2D eigenvalue weighted by Crippen LogP contribution is 2.29. The van der Waals surface area contributed by atoms with E-state index in [2.05, 4.69) is 0 Å². The van der Waals surface area contributed by atoms with E-state index >= 15 is 0 Å². The number of nitrogens with zero attached hydrogens (tertiary/aromatic N) is 1. The van der Waals surface area contributed by atoms with Crippen LogP contribution in [0.3, 0.4) is 0 Å². The number of hydrogen-bond donors (Lipinski definition) is 1. The predicted octanol–water partition coefficient (Wildman–Crippen LogP) is 1.49. The summed E-state index contributed by atoms with van der Waals surface area (Å²) in [6.45, 7) is 0.294. The molecule has 1 saturated heterocycles. The minimum atomic E-state index is -3.59. The maximum absolute atomic E-state index is 12.4. The second-order valence-corrected chi connectivity index (χ2v) is 6.29. The molecule has 1 heterocycles. The Hall–Kier alpha value is -0.620. The standard InChI is InChI=1S/C11H14ClNO3S/c12-10-5-1-2-6-11(10)17(15,16)13-7-3-4-9(13)8-14/h1-2,5-6,9,14H,3-4,7-8H2/t9-/m1/s1. The summed E-state index contributed by atoms with van der Waals surface area (Å²) in [6, 6.07) is 6.05. The second-order valence-electron chi connectivity index (χ2n) is 4.02. The van der Waals surface area contributed by atoms with Gasteiger partial charge in [0.2, 0.25) is 10.0 Å². The Bertz CT molecular complexity index is 503. The summed E-state index contributed by atoms with van der Waals surface area (Å²) in [5.74, 6) is 0. The van der Waals surface area contributed by atoms with Crippen molar-refractivity contribution in [3.8, 4) is 0 Å². The van der Waals surface area contributed by atoms with Crippen molar-refractivity contribution in [1.29, 1.82) is 0 Å². The van der Waals surface area contributed by atoms with Gasteiger partial charge in [0.15, 0.2) is 0 Å². The Morgan fingerprint density at radius 1 is 1.41 bits per heavy atom. The highest BCUT2D eigenvalue weighted by Gasteiger charge is 2.35. The molecular formula is C11H14ClNO3S. The SMILES string of the molecule is O=S(=O)(c1ccccc1Cl)N1CCC[C@@H]1CO. The van der Waals surface area contributed by atoms with Crippen LogP contribution in [0.4, 0.5) is 0 Å². The molecule has 17 heavy (non-hydrogen) atoms. The summed E-state index contributed by atoms with van der Waals surface area (Å²) in [5, 5.41) is 9.40. The van der Waals surface area contributed by atoms with E-state index in [0.717, 1.165) is 6.42 Å². The number of hydrogen-bond acceptors (Lipinski definition) is 3. The summed E-state index contributed by atoms with van der Waals surface area (Å²) in [5.41, 5.74) is 0. The molecule has 0 spiro atoms. The molecular weight excluding hydrogens is 262 g/mol. The molecule has 0 unspecified atom stereocenters. The first-order chi connectivity index (χ1) is 8.07. The molecule has 0 aromatic heterocycles. The predicted molar refractivity (Wildman–Crippen MR) is 65.5 cm³/mol. The first kappa shape index (κ1) is 12.8. The van der Waals surface area contributed by atoms with Gasteiger partial charge in [0.1, 0.15) is 4.90 Å². The summed E-state index contributed by atoms with van der Waals surface area (Å²) in [4.78, 5) is 0.113. The topological polar surface area (TPSA) is 57.6 Å². The van der Waals surface area contributed by atoms with Crippen LogP contribution < -0.4 is 0 Å². The van der Waals surface area contributed by atoms with Crippen LogP contribution in [0.1, 0.15) is 12.8 Å². The molecule has 6 heteroatoms. The van der Waals surface area contributed by atoms with E-state index in [9.17, 15) is 13.5 Å². The van der Waals surface area contributed by atoms with Gasteiger partial charge in [-0.2, -0.15) is 4.31 Å². The van der Waals surface area contributed by atoms with Gasteiger partial charge in [0, 0.05) is 12.6 Å². The number of rotatable bonds is 3. The monoisotopic (exact) mass is 275 g/mol. The van der Waals surface area contributed by atoms with E-state index in [-0.39, 0.29) is 22.6 Å². The quantitative estimate of drug-likeness (QED) is 0.909. The zero-order valence-corrected chi connectivity index (χ0v) is 10.8. The van der Waals surface area contributed by atoms with Gasteiger partial charge >= 0.3 is 0 Å². The van der Waals surface area contributed by atoms with Gasteiger partial charge < -0.3 is 5.11 Å². The van der Waals surface area contributed by atoms with Crippen LogP contribution in [0, 0.1) is 0 Å². The van der Waals surface area contributed by atoms with Crippen LogP contribution in [-0.4, -0.2) is 37.0 Å². The summed E-state index contributed by atoms with van der Waals surface area (Å²) in [7, 11) is -3.59. The maximum atomic E-state index is 12.4. The Labute approximate surface area is 106 Å². The van der Waals surface area contributed by atoms with Gasteiger partial charge in [0.05, 0.1) is 11.6 Å². The molecule has 1 atom stereocenters. The van der Waals surface area contributed by atoms with Gasteiger partial charge in [-0.25, -0.2) is 8.42 Å². The lowest BCUT2D eigenvalue weighted by atomic mass is 10.2. The Balaban J connectivity index is 2.40. The van der Waals surface area contributed by atoms with Crippen LogP contribution >= 0.6 is 11.6 Å². The first-order valence-electron chi connectivity index (χ1n) is 5.44. The normalized spacial score (nSPS) is 21.9. The summed E-state index contributed by atoms with van der Waals surface area (Å²) >= 11 is 5.91.